The van der Waals surface area contributed by atoms with Crippen molar-refractivity contribution in [3.8, 4) is 45.6 Å². The Morgan fingerprint density at radius 2 is 1.09 bits per heavy atom. The van der Waals surface area contributed by atoms with Crippen LogP contribution in [0.25, 0.3) is 97.1 Å². The van der Waals surface area contributed by atoms with Crippen molar-refractivity contribution in [2.24, 2.45) is 0 Å². The van der Waals surface area contributed by atoms with Crippen LogP contribution >= 0.6 is 22.7 Å². The molecule has 47 heavy (non-hydrogen) atoms. The summed E-state index contributed by atoms with van der Waals surface area (Å²) >= 11 is 3.54. The topological polar surface area (TPSA) is 64.7 Å². The molecule has 0 spiro atoms. The van der Waals surface area contributed by atoms with Crippen LogP contribution in [0.4, 0.5) is 0 Å². The zero-order chi connectivity index (χ0) is 30.9. The minimum atomic E-state index is 0.619. The molecule has 6 aromatic carbocycles. The summed E-state index contributed by atoms with van der Waals surface area (Å²) in [6.45, 7) is 0. The van der Waals surface area contributed by atoms with E-state index >= 15 is 0 Å². The number of fused-ring (bicyclic) bond motifs is 7. The average Bonchev–Trinajstić information content (AvgIpc) is 3.83. The van der Waals surface area contributed by atoms with Gasteiger partial charge in [0.2, 0.25) is 5.89 Å². The van der Waals surface area contributed by atoms with E-state index in [4.69, 9.17) is 24.4 Å². The van der Waals surface area contributed by atoms with E-state index in [1.54, 1.807) is 22.7 Å². The average molecular weight is 639 g/mol. The zero-order valence-electron chi connectivity index (χ0n) is 24.7. The van der Waals surface area contributed by atoms with E-state index in [2.05, 4.69) is 72.8 Å². The third kappa shape index (κ3) is 4.35. The molecule has 220 valence electrons. The van der Waals surface area contributed by atoms with E-state index in [0.29, 0.717) is 23.4 Å². The number of rotatable bonds is 4. The molecule has 0 amide bonds. The summed E-state index contributed by atoms with van der Waals surface area (Å²) in [4.78, 5) is 20.1. The van der Waals surface area contributed by atoms with Crippen molar-refractivity contribution in [2.75, 3.05) is 0 Å². The first-order valence-corrected chi connectivity index (χ1v) is 16.9. The predicted octanol–water partition coefficient (Wildman–Crippen LogP) is 11.4. The Balaban J connectivity index is 1.19. The summed E-state index contributed by atoms with van der Waals surface area (Å²) in [5.74, 6) is 2.55. The number of oxazole rings is 1. The second-order valence-electron chi connectivity index (χ2n) is 11.5. The van der Waals surface area contributed by atoms with Crippen LogP contribution in [0, 0.1) is 0 Å². The molecule has 0 aliphatic rings. The molecule has 7 heteroatoms. The van der Waals surface area contributed by atoms with Gasteiger partial charge >= 0.3 is 0 Å². The lowest BCUT2D eigenvalue weighted by molar-refractivity contribution is 0.620. The van der Waals surface area contributed by atoms with E-state index in [1.165, 1.54) is 20.2 Å². The third-order valence-electron chi connectivity index (χ3n) is 8.57. The van der Waals surface area contributed by atoms with Gasteiger partial charge in [0, 0.05) is 62.6 Å². The van der Waals surface area contributed by atoms with Crippen molar-refractivity contribution in [1.29, 1.82) is 0 Å². The van der Waals surface area contributed by atoms with E-state index in [-0.39, 0.29) is 0 Å². The van der Waals surface area contributed by atoms with Gasteiger partial charge in [0.05, 0.1) is 0 Å². The van der Waals surface area contributed by atoms with E-state index in [0.717, 1.165) is 53.5 Å². The maximum Gasteiger partial charge on any atom is 0.227 e. The van der Waals surface area contributed by atoms with Crippen molar-refractivity contribution >= 4 is 74.1 Å². The molecule has 4 heterocycles. The Kier molecular flexibility index (Phi) is 5.85. The van der Waals surface area contributed by atoms with Crippen LogP contribution in [0.1, 0.15) is 0 Å². The van der Waals surface area contributed by atoms with Crippen LogP contribution < -0.4 is 0 Å². The van der Waals surface area contributed by atoms with Crippen LogP contribution in [0.15, 0.2) is 138 Å². The van der Waals surface area contributed by atoms with E-state index in [1.807, 2.05) is 60.7 Å². The first-order valence-electron chi connectivity index (χ1n) is 15.3. The van der Waals surface area contributed by atoms with Crippen LogP contribution in [0.3, 0.4) is 0 Å². The Bertz CT molecular complexity index is 2800. The molecule has 10 rings (SSSR count). The van der Waals surface area contributed by atoms with Crippen molar-refractivity contribution in [1.82, 2.24) is 19.9 Å². The quantitative estimate of drug-likeness (QED) is 0.192. The van der Waals surface area contributed by atoms with Gasteiger partial charge in [0.15, 0.2) is 23.1 Å². The second kappa shape index (κ2) is 10.4. The fourth-order valence-electron chi connectivity index (χ4n) is 6.34. The minimum absolute atomic E-state index is 0.619. The van der Waals surface area contributed by atoms with Gasteiger partial charge < -0.3 is 4.42 Å². The highest BCUT2D eigenvalue weighted by Crippen LogP contribution is 2.42. The largest absolute Gasteiger partial charge is 0.436 e. The lowest BCUT2D eigenvalue weighted by atomic mass is 10.0. The number of hydrogen-bond donors (Lipinski definition) is 0. The number of aromatic nitrogens is 4. The first-order chi connectivity index (χ1) is 23.2. The fraction of sp³-hybridized carbons (Fsp3) is 0. The number of hydrogen-bond acceptors (Lipinski definition) is 7. The maximum atomic E-state index is 6.29. The summed E-state index contributed by atoms with van der Waals surface area (Å²) in [6, 6.07) is 45.8. The van der Waals surface area contributed by atoms with Crippen LogP contribution in [0.5, 0.6) is 0 Å². The molecule has 0 radical (unpaired) electrons. The molecular weight excluding hydrogens is 617 g/mol. The molecule has 0 saturated carbocycles. The third-order valence-corrected chi connectivity index (χ3v) is 10.8. The molecule has 5 nitrogen and oxygen atoms in total. The molecule has 0 aliphatic heterocycles. The summed E-state index contributed by atoms with van der Waals surface area (Å²) in [5, 5.41) is 4.71. The van der Waals surface area contributed by atoms with Crippen molar-refractivity contribution in [3.63, 3.8) is 0 Å². The van der Waals surface area contributed by atoms with Gasteiger partial charge in [-0.05, 0) is 42.5 Å². The summed E-state index contributed by atoms with van der Waals surface area (Å²) in [7, 11) is 0. The highest BCUT2D eigenvalue weighted by atomic mass is 32.1. The summed E-state index contributed by atoms with van der Waals surface area (Å²) in [5.41, 5.74) is 5.42. The van der Waals surface area contributed by atoms with Gasteiger partial charge in [-0.1, -0.05) is 91.0 Å². The predicted molar refractivity (Wildman–Crippen MR) is 195 cm³/mol. The molecule has 0 N–H and O–H groups in total. The van der Waals surface area contributed by atoms with Crippen molar-refractivity contribution in [3.05, 3.63) is 133 Å². The number of nitrogens with zero attached hydrogens (tertiary/aromatic N) is 4. The van der Waals surface area contributed by atoms with E-state index in [9.17, 15) is 0 Å². The summed E-state index contributed by atoms with van der Waals surface area (Å²) in [6.07, 6.45) is 0. The lowest BCUT2D eigenvalue weighted by Gasteiger charge is -2.09. The molecule has 0 bridgehead atoms. The Labute approximate surface area is 276 Å². The normalized spacial score (nSPS) is 11.8. The highest BCUT2D eigenvalue weighted by Gasteiger charge is 2.19. The Morgan fingerprint density at radius 1 is 0.426 bits per heavy atom. The molecule has 0 saturated heterocycles. The minimum Gasteiger partial charge on any atom is -0.436 e. The molecule has 0 unspecified atom stereocenters. The number of benzene rings is 6. The van der Waals surface area contributed by atoms with E-state index < -0.39 is 0 Å². The maximum absolute atomic E-state index is 6.29. The molecule has 10 aromatic rings. The van der Waals surface area contributed by atoms with Gasteiger partial charge in [-0.3, -0.25) is 0 Å². The molecule has 4 aromatic heterocycles. The van der Waals surface area contributed by atoms with Gasteiger partial charge in [0.1, 0.15) is 5.52 Å². The second-order valence-corrected chi connectivity index (χ2v) is 13.6. The SMILES string of the molecule is c1ccc(-c2nc(-c3ccc4c(c3)sc3ccccc34)nc(-c3cccc4sc5cc6nc(-c7ccccc7)oc6cc5c34)n2)cc1. The summed E-state index contributed by atoms with van der Waals surface area (Å²) < 4.78 is 11.1. The van der Waals surface area contributed by atoms with Crippen molar-refractivity contribution in [2.45, 2.75) is 0 Å². The molecular formula is C40H22N4OS2. The molecule has 0 atom stereocenters. The van der Waals surface area contributed by atoms with Gasteiger partial charge in [-0.25, -0.2) is 19.9 Å². The standard InChI is InChI=1S/C40H22N4OS2/c1-3-10-23(11-4-1)37-42-38(25-18-19-27-26-14-7-8-16-32(26)46-34(27)20-25)44-39(43-37)28-15-9-17-33-36(28)29-21-31-30(22-35(29)47-33)41-40(45-31)24-12-5-2-6-13-24/h1-22H. The first kappa shape index (κ1) is 26.5. The molecule has 0 aliphatic carbocycles. The highest BCUT2D eigenvalue weighted by molar-refractivity contribution is 7.26. The lowest BCUT2D eigenvalue weighted by Crippen LogP contribution is -2.00. The van der Waals surface area contributed by atoms with Crippen LogP contribution in [0.2, 0.25) is 0 Å². The van der Waals surface area contributed by atoms with Crippen LogP contribution in [-0.2, 0) is 0 Å². The van der Waals surface area contributed by atoms with Gasteiger partial charge in [-0.2, -0.15) is 0 Å². The van der Waals surface area contributed by atoms with Crippen molar-refractivity contribution < 1.29 is 4.42 Å². The Morgan fingerprint density at radius 3 is 1.94 bits per heavy atom. The zero-order valence-corrected chi connectivity index (χ0v) is 26.3. The Hall–Kier alpha value is -5.76. The monoisotopic (exact) mass is 638 g/mol. The molecule has 0 fully saturated rings. The van der Waals surface area contributed by atoms with Gasteiger partial charge in [0.25, 0.3) is 0 Å². The number of thiophene rings is 2. The van der Waals surface area contributed by atoms with Gasteiger partial charge in [-0.15, -0.1) is 22.7 Å². The smallest absolute Gasteiger partial charge is 0.227 e. The van der Waals surface area contributed by atoms with Crippen LogP contribution in [-0.4, -0.2) is 19.9 Å². The fourth-order valence-corrected chi connectivity index (χ4v) is 8.64.